The summed E-state index contributed by atoms with van der Waals surface area (Å²) >= 11 is 0. The Morgan fingerprint density at radius 2 is 1.50 bits per heavy atom. The Hall–Kier alpha value is -2.82. The Morgan fingerprint density at radius 3 is 2.04 bits per heavy atom. The molecule has 0 heterocycles. The Morgan fingerprint density at radius 1 is 0.923 bits per heavy atom. The molecule has 0 unspecified atom stereocenters. The number of primary amides is 1. The quantitative estimate of drug-likeness (QED) is 0.739. The smallest absolute Gasteiger partial charge is 0.316 e. The first-order valence-corrected chi connectivity index (χ1v) is 8.75. The number of hydrogen-bond acceptors (Lipinski definition) is 2. The standard InChI is InChI=1S/C21H27N3O2/c1-21(2,3)17-9-4-15(5-10-17)8-13-19(25)23-14-16-6-11-18(12-7-16)24-20(22)26/h4-7,9-12H,8,13-14H2,1-3H3,(H,23,25)(H3,22,24,26). The monoisotopic (exact) mass is 353 g/mol. The zero-order valence-corrected chi connectivity index (χ0v) is 15.6. The van der Waals surface area contributed by atoms with E-state index in [1.54, 1.807) is 12.1 Å². The van der Waals surface area contributed by atoms with Crippen LogP contribution in [0.2, 0.25) is 0 Å². The van der Waals surface area contributed by atoms with Gasteiger partial charge in [0.2, 0.25) is 5.91 Å². The average molecular weight is 353 g/mol. The van der Waals surface area contributed by atoms with E-state index in [2.05, 4.69) is 55.7 Å². The van der Waals surface area contributed by atoms with Crippen LogP contribution >= 0.6 is 0 Å². The van der Waals surface area contributed by atoms with Gasteiger partial charge in [0.25, 0.3) is 0 Å². The molecule has 0 bridgehead atoms. The Bertz CT molecular complexity index is 744. The number of amides is 3. The lowest BCUT2D eigenvalue weighted by molar-refractivity contribution is -0.121. The van der Waals surface area contributed by atoms with E-state index >= 15 is 0 Å². The normalized spacial score (nSPS) is 11.0. The van der Waals surface area contributed by atoms with Crippen molar-refractivity contribution in [3.63, 3.8) is 0 Å². The average Bonchev–Trinajstić information content (AvgIpc) is 2.58. The molecule has 0 radical (unpaired) electrons. The van der Waals surface area contributed by atoms with E-state index in [1.807, 2.05) is 12.1 Å². The highest BCUT2D eigenvalue weighted by Crippen LogP contribution is 2.22. The Balaban J connectivity index is 1.77. The lowest BCUT2D eigenvalue weighted by Gasteiger charge is -2.19. The summed E-state index contributed by atoms with van der Waals surface area (Å²) in [4.78, 5) is 22.8. The van der Waals surface area contributed by atoms with Gasteiger partial charge in [-0.3, -0.25) is 4.79 Å². The molecule has 3 amide bonds. The van der Waals surface area contributed by atoms with E-state index in [0.717, 1.165) is 17.5 Å². The highest BCUT2D eigenvalue weighted by atomic mass is 16.2. The summed E-state index contributed by atoms with van der Waals surface area (Å²) in [6.07, 6.45) is 1.17. The first-order chi connectivity index (χ1) is 12.2. The fourth-order valence-electron chi connectivity index (χ4n) is 2.57. The molecule has 0 aromatic heterocycles. The predicted molar refractivity (Wildman–Crippen MR) is 105 cm³/mol. The number of carbonyl (C=O) groups is 2. The SMILES string of the molecule is CC(C)(C)c1ccc(CCC(=O)NCc2ccc(NC(N)=O)cc2)cc1. The molecule has 2 aromatic carbocycles. The molecular formula is C21H27N3O2. The van der Waals surface area contributed by atoms with Crippen LogP contribution < -0.4 is 16.4 Å². The molecule has 4 N–H and O–H groups in total. The summed E-state index contributed by atoms with van der Waals surface area (Å²) in [5, 5.41) is 5.41. The van der Waals surface area contributed by atoms with Gasteiger partial charge in [0.1, 0.15) is 0 Å². The van der Waals surface area contributed by atoms with E-state index in [9.17, 15) is 9.59 Å². The number of urea groups is 1. The largest absolute Gasteiger partial charge is 0.352 e. The van der Waals surface area contributed by atoms with Crippen LogP contribution in [0.4, 0.5) is 10.5 Å². The second kappa shape index (κ2) is 8.52. The van der Waals surface area contributed by atoms with Gasteiger partial charge in [-0.05, 0) is 40.7 Å². The third-order valence-electron chi connectivity index (χ3n) is 4.17. The minimum absolute atomic E-state index is 0.0178. The molecule has 0 saturated heterocycles. The van der Waals surface area contributed by atoms with Crippen LogP contribution in [-0.4, -0.2) is 11.9 Å². The molecule has 0 fully saturated rings. The predicted octanol–water partition coefficient (Wildman–Crippen LogP) is 3.72. The molecule has 2 rings (SSSR count). The van der Waals surface area contributed by atoms with Gasteiger partial charge in [-0.1, -0.05) is 57.2 Å². The molecule has 138 valence electrons. The van der Waals surface area contributed by atoms with Gasteiger partial charge in [-0.15, -0.1) is 0 Å². The Labute approximate surface area is 155 Å². The number of aryl methyl sites for hydroxylation is 1. The molecule has 0 aliphatic rings. The molecule has 5 heteroatoms. The van der Waals surface area contributed by atoms with Crippen molar-refractivity contribution in [3.05, 3.63) is 65.2 Å². The van der Waals surface area contributed by atoms with Crippen molar-refractivity contribution in [1.82, 2.24) is 5.32 Å². The minimum atomic E-state index is -0.596. The second-order valence-electron chi connectivity index (χ2n) is 7.41. The molecule has 26 heavy (non-hydrogen) atoms. The topological polar surface area (TPSA) is 84.2 Å². The lowest BCUT2D eigenvalue weighted by Crippen LogP contribution is -2.23. The second-order valence-corrected chi connectivity index (χ2v) is 7.41. The van der Waals surface area contributed by atoms with Crippen molar-refractivity contribution in [2.75, 3.05) is 5.32 Å². The van der Waals surface area contributed by atoms with Crippen LogP contribution in [0.1, 0.15) is 43.9 Å². The molecule has 0 aliphatic heterocycles. The molecule has 0 saturated carbocycles. The number of anilines is 1. The van der Waals surface area contributed by atoms with Crippen LogP contribution in [0.3, 0.4) is 0 Å². The van der Waals surface area contributed by atoms with Gasteiger partial charge in [0, 0.05) is 18.7 Å². The van der Waals surface area contributed by atoms with Crippen molar-refractivity contribution in [2.24, 2.45) is 5.73 Å². The van der Waals surface area contributed by atoms with E-state index in [1.165, 1.54) is 5.56 Å². The fraction of sp³-hybridized carbons (Fsp3) is 0.333. The van der Waals surface area contributed by atoms with E-state index in [0.29, 0.717) is 18.7 Å². The number of carbonyl (C=O) groups excluding carboxylic acids is 2. The van der Waals surface area contributed by atoms with Crippen molar-refractivity contribution in [2.45, 2.75) is 45.6 Å². The van der Waals surface area contributed by atoms with Crippen LogP contribution in [0.5, 0.6) is 0 Å². The highest BCUT2D eigenvalue weighted by molar-refractivity contribution is 5.87. The number of nitrogens with one attached hydrogen (secondary N) is 2. The van der Waals surface area contributed by atoms with Gasteiger partial charge in [-0.25, -0.2) is 4.79 Å². The van der Waals surface area contributed by atoms with Crippen molar-refractivity contribution in [1.29, 1.82) is 0 Å². The number of benzene rings is 2. The van der Waals surface area contributed by atoms with Crippen molar-refractivity contribution < 1.29 is 9.59 Å². The van der Waals surface area contributed by atoms with Crippen LogP contribution in [0, 0.1) is 0 Å². The van der Waals surface area contributed by atoms with E-state index in [4.69, 9.17) is 5.73 Å². The number of rotatable bonds is 6. The first-order valence-electron chi connectivity index (χ1n) is 8.75. The lowest BCUT2D eigenvalue weighted by atomic mass is 9.86. The third-order valence-corrected chi connectivity index (χ3v) is 4.17. The maximum atomic E-state index is 12.0. The van der Waals surface area contributed by atoms with E-state index in [-0.39, 0.29) is 11.3 Å². The van der Waals surface area contributed by atoms with Crippen molar-refractivity contribution in [3.8, 4) is 0 Å². The maximum Gasteiger partial charge on any atom is 0.316 e. The van der Waals surface area contributed by atoms with Crippen LogP contribution in [0.25, 0.3) is 0 Å². The Kier molecular flexibility index (Phi) is 6.39. The third kappa shape index (κ3) is 6.24. The summed E-state index contributed by atoms with van der Waals surface area (Å²) in [6, 6.07) is 15.1. The summed E-state index contributed by atoms with van der Waals surface area (Å²) in [6.45, 7) is 7.02. The van der Waals surface area contributed by atoms with Gasteiger partial charge < -0.3 is 16.4 Å². The molecule has 0 aliphatic carbocycles. The van der Waals surface area contributed by atoms with Gasteiger partial charge in [0.15, 0.2) is 0 Å². The summed E-state index contributed by atoms with van der Waals surface area (Å²) in [5.74, 6) is 0.0178. The van der Waals surface area contributed by atoms with E-state index < -0.39 is 6.03 Å². The zero-order valence-electron chi connectivity index (χ0n) is 15.6. The minimum Gasteiger partial charge on any atom is -0.352 e. The fourth-order valence-corrected chi connectivity index (χ4v) is 2.57. The van der Waals surface area contributed by atoms with Crippen LogP contribution in [0.15, 0.2) is 48.5 Å². The van der Waals surface area contributed by atoms with Gasteiger partial charge in [-0.2, -0.15) is 0 Å². The number of hydrogen-bond donors (Lipinski definition) is 3. The molecule has 2 aromatic rings. The zero-order chi connectivity index (χ0) is 19.2. The first kappa shape index (κ1) is 19.5. The van der Waals surface area contributed by atoms with Crippen LogP contribution in [-0.2, 0) is 23.2 Å². The molecule has 5 nitrogen and oxygen atoms in total. The maximum absolute atomic E-state index is 12.0. The summed E-state index contributed by atoms with van der Waals surface area (Å²) < 4.78 is 0. The molecule has 0 spiro atoms. The molecular weight excluding hydrogens is 326 g/mol. The molecule has 0 atom stereocenters. The summed E-state index contributed by atoms with van der Waals surface area (Å²) in [7, 11) is 0. The van der Waals surface area contributed by atoms with Crippen molar-refractivity contribution >= 4 is 17.6 Å². The number of nitrogens with two attached hydrogens (primary N) is 1. The highest BCUT2D eigenvalue weighted by Gasteiger charge is 2.13. The van der Waals surface area contributed by atoms with Gasteiger partial charge >= 0.3 is 6.03 Å². The van der Waals surface area contributed by atoms with Gasteiger partial charge in [0.05, 0.1) is 0 Å². The summed E-state index contributed by atoms with van der Waals surface area (Å²) in [5.41, 5.74) is 9.25.